The first-order chi connectivity index (χ1) is 8.56. The van der Waals surface area contributed by atoms with E-state index in [1.54, 1.807) is 17.0 Å². The van der Waals surface area contributed by atoms with Gasteiger partial charge in [0.25, 0.3) is 0 Å². The van der Waals surface area contributed by atoms with Crippen molar-refractivity contribution in [2.24, 2.45) is 5.92 Å². The maximum absolute atomic E-state index is 13.9. The molecule has 1 atom stereocenters. The maximum Gasteiger partial charge on any atom is 0.225 e. The minimum Gasteiger partial charge on any atom is -0.347 e. The van der Waals surface area contributed by atoms with Crippen molar-refractivity contribution in [3.05, 3.63) is 40.1 Å². The smallest absolute Gasteiger partial charge is 0.225 e. The van der Waals surface area contributed by atoms with E-state index in [4.69, 9.17) is 0 Å². The third-order valence-electron chi connectivity index (χ3n) is 3.05. The van der Waals surface area contributed by atoms with Gasteiger partial charge < -0.3 is 4.90 Å². The molecule has 2 nitrogen and oxygen atoms in total. The summed E-state index contributed by atoms with van der Waals surface area (Å²) in [5.41, 5.74) is 0.963. The third kappa shape index (κ3) is 3.34. The van der Waals surface area contributed by atoms with Crippen LogP contribution >= 0.6 is 15.9 Å². The second kappa shape index (κ2) is 7.10. The molecular formula is C14H14BrFNOY-. The quantitative estimate of drug-likeness (QED) is 0.695. The van der Waals surface area contributed by atoms with Crippen LogP contribution < -0.4 is 0 Å². The molecule has 0 saturated carbocycles. The summed E-state index contributed by atoms with van der Waals surface area (Å²) in [6, 6.07) is 4.79. The number of allylic oxidation sites excluding steroid dienone is 1. The van der Waals surface area contributed by atoms with E-state index in [0.717, 1.165) is 0 Å². The van der Waals surface area contributed by atoms with E-state index in [9.17, 15) is 9.18 Å². The van der Waals surface area contributed by atoms with Gasteiger partial charge in [-0.3, -0.25) is 4.79 Å². The molecule has 0 aliphatic carbocycles. The maximum atomic E-state index is 13.9. The zero-order valence-electron chi connectivity index (χ0n) is 10.9. The van der Waals surface area contributed by atoms with Gasteiger partial charge in [0.1, 0.15) is 0 Å². The number of rotatable bonds is 2. The van der Waals surface area contributed by atoms with E-state index in [1.807, 2.05) is 13.8 Å². The molecule has 1 aliphatic rings. The van der Waals surface area contributed by atoms with Crippen LogP contribution in [-0.4, -0.2) is 17.4 Å². The predicted molar refractivity (Wildman–Crippen MR) is 71.9 cm³/mol. The molecule has 2 rings (SSSR count). The summed E-state index contributed by atoms with van der Waals surface area (Å²) in [6.07, 6.45) is 3.68. The molecule has 1 aromatic rings. The third-order valence-corrected chi connectivity index (χ3v) is 3.71. The normalized spacial score (nSPS) is 18.9. The van der Waals surface area contributed by atoms with Gasteiger partial charge in [-0.05, 0) is 13.0 Å². The topological polar surface area (TPSA) is 20.3 Å². The van der Waals surface area contributed by atoms with Gasteiger partial charge in [-0.25, -0.2) is 10.5 Å². The molecule has 0 fully saturated rings. The van der Waals surface area contributed by atoms with Crippen LogP contribution in [0, 0.1) is 17.8 Å². The van der Waals surface area contributed by atoms with Gasteiger partial charge in [-0.15, -0.1) is 11.3 Å². The van der Waals surface area contributed by atoms with E-state index < -0.39 is 0 Å². The Morgan fingerprint density at radius 2 is 2.21 bits per heavy atom. The Morgan fingerprint density at radius 3 is 2.79 bits per heavy atom. The van der Waals surface area contributed by atoms with Crippen molar-refractivity contribution in [2.45, 2.75) is 20.3 Å². The Bertz CT molecular complexity index is 498. The molecule has 0 N–H and O–H groups in total. The van der Waals surface area contributed by atoms with E-state index in [0.29, 0.717) is 28.7 Å². The second-order valence-electron chi connectivity index (χ2n) is 4.31. The average molecular weight is 400 g/mol. The molecule has 1 aromatic carbocycles. The zero-order chi connectivity index (χ0) is 13.3. The van der Waals surface area contributed by atoms with Crippen LogP contribution in [0.2, 0.25) is 0 Å². The van der Waals surface area contributed by atoms with Gasteiger partial charge in [0.05, 0.1) is 5.82 Å². The molecule has 0 saturated heterocycles. The van der Waals surface area contributed by atoms with Crippen molar-refractivity contribution in [2.75, 3.05) is 6.54 Å². The standard InChI is InChI=1S/C14H14BrFNO.Y/c1-3-17-12(8-7-9(2)14(17)18)13-10(15)5-4-6-11(13)16;/h4-6,9H,3,7H2,1-2H3;/q-1;. The van der Waals surface area contributed by atoms with Gasteiger partial charge in [-0.2, -0.15) is 0 Å². The average Bonchev–Trinajstić information content (AvgIpc) is 2.33. The molecule has 5 heteroatoms. The summed E-state index contributed by atoms with van der Waals surface area (Å²) in [7, 11) is 0. The number of hydrogen-bond acceptors (Lipinski definition) is 1. The summed E-state index contributed by atoms with van der Waals surface area (Å²) in [5.74, 6) is -0.395. The number of hydrogen-bond donors (Lipinski definition) is 0. The fourth-order valence-electron chi connectivity index (χ4n) is 2.07. The summed E-state index contributed by atoms with van der Waals surface area (Å²) in [6.45, 7) is 4.27. The zero-order valence-corrected chi connectivity index (χ0v) is 15.3. The van der Waals surface area contributed by atoms with Crippen LogP contribution in [0.3, 0.4) is 0 Å². The van der Waals surface area contributed by atoms with E-state index >= 15 is 0 Å². The second-order valence-corrected chi connectivity index (χ2v) is 5.16. The Labute approximate surface area is 146 Å². The van der Waals surface area contributed by atoms with Gasteiger partial charge in [0.15, 0.2) is 0 Å². The first kappa shape index (κ1) is 17.0. The fourth-order valence-corrected chi connectivity index (χ4v) is 2.60. The SMILES string of the molecule is CCN1C(=O)C(C)C[C-]=C1c1c(F)cccc1Br.[Y]. The number of benzene rings is 1. The summed E-state index contributed by atoms with van der Waals surface area (Å²) in [5, 5.41) is 0. The Balaban J connectivity index is 0.00000180. The minimum absolute atomic E-state index is 0. The van der Waals surface area contributed by atoms with Gasteiger partial charge in [0, 0.05) is 45.2 Å². The molecule has 1 unspecified atom stereocenters. The monoisotopic (exact) mass is 399 g/mol. The number of amides is 1. The molecule has 1 heterocycles. The number of halogens is 2. The summed E-state index contributed by atoms with van der Waals surface area (Å²) in [4.78, 5) is 13.7. The van der Waals surface area contributed by atoms with Crippen molar-refractivity contribution >= 4 is 27.5 Å². The van der Waals surface area contributed by atoms with Crippen LogP contribution in [0.1, 0.15) is 25.8 Å². The van der Waals surface area contributed by atoms with E-state index in [1.165, 1.54) is 6.07 Å². The Morgan fingerprint density at radius 1 is 1.53 bits per heavy atom. The van der Waals surface area contributed by atoms with Gasteiger partial charge in [0.2, 0.25) is 5.91 Å². The molecule has 1 aliphatic heterocycles. The van der Waals surface area contributed by atoms with Crippen molar-refractivity contribution in [1.29, 1.82) is 0 Å². The summed E-state index contributed by atoms with van der Waals surface area (Å²) < 4.78 is 14.6. The van der Waals surface area contributed by atoms with Crippen molar-refractivity contribution in [3.63, 3.8) is 0 Å². The first-order valence-electron chi connectivity index (χ1n) is 5.92. The molecule has 0 aromatic heterocycles. The fraction of sp³-hybridized carbons (Fsp3) is 0.357. The van der Waals surface area contributed by atoms with Crippen LogP contribution in [0.25, 0.3) is 5.70 Å². The van der Waals surface area contributed by atoms with Gasteiger partial charge in [-0.1, -0.05) is 45.9 Å². The molecule has 0 bridgehead atoms. The van der Waals surface area contributed by atoms with E-state index in [-0.39, 0.29) is 50.4 Å². The number of carbonyl (C=O) groups excluding carboxylic acids is 1. The predicted octanol–water partition coefficient (Wildman–Crippen LogP) is 3.62. The van der Waals surface area contributed by atoms with Gasteiger partial charge >= 0.3 is 0 Å². The molecule has 19 heavy (non-hydrogen) atoms. The number of nitrogens with zero attached hydrogens (tertiary/aromatic N) is 1. The largest absolute Gasteiger partial charge is 0.347 e. The van der Waals surface area contributed by atoms with Crippen LogP contribution in [0.15, 0.2) is 22.7 Å². The van der Waals surface area contributed by atoms with Crippen molar-refractivity contribution < 1.29 is 41.9 Å². The van der Waals surface area contributed by atoms with Crippen molar-refractivity contribution in [3.8, 4) is 0 Å². The molecule has 99 valence electrons. The first-order valence-corrected chi connectivity index (χ1v) is 6.72. The molecule has 0 spiro atoms. The Kier molecular flexibility index (Phi) is 6.35. The van der Waals surface area contributed by atoms with Crippen molar-refractivity contribution in [1.82, 2.24) is 4.90 Å². The molecular weight excluding hydrogens is 386 g/mol. The van der Waals surface area contributed by atoms with E-state index in [2.05, 4.69) is 22.0 Å². The van der Waals surface area contributed by atoms with Crippen LogP contribution in [0.5, 0.6) is 0 Å². The van der Waals surface area contributed by atoms with Crippen LogP contribution in [0.4, 0.5) is 4.39 Å². The molecule has 1 amide bonds. The Hall–Kier alpha value is -0.0561. The number of carbonyl (C=O) groups is 1. The minimum atomic E-state index is -0.340. The van der Waals surface area contributed by atoms with Crippen LogP contribution in [-0.2, 0) is 37.5 Å². The molecule has 1 radical (unpaired) electrons. The summed E-state index contributed by atoms with van der Waals surface area (Å²) >= 11 is 3.34.